The molecule has 32 N–H and O–H groups in total. The number of aliphatic hydroxyl groups excluding tert-OH is 4. The van der Waals surface area contributed by atoms with Crippen LogP contribution in [0.4, 0.5) is 0 Å². The Morgan fingerprint density at radius 1 is 0.363 bits per heavy atom. The third kappa shape index (κ3) is 45.0. The molecule has 3 rings (SSSR count). The molecule has 1 fully saturated rings. The zero-order valence-electron chi connectivity index (χ0n) is 85.2. The van der Waals surface area contributed by atoms with Crippen molar-refractivity contribution < 1.29 is 136 Å². The van der Waals surface area contributed by atoms with Gasteiger partial charge in [-0.25, -0.2) is 4.79 Å². The molecule has 0 aromatic heterocycles. The number of carbonyl (C=O) groups excluding carboxylic acids is 20. The molecule has 2 aromatic rings. The number of hydrogen-bond donors (Lipinski definition) is 28. The number of primary amides is 1. The molecule has 21 atom stereocenters. The fourth-order valence-corrected chi connectivity index (χ4v) is 15.1. The number of carboxylic acid groups (broad SMARTS) is 2. The van der Waals surface area contributed by atoms with Gasteiger partial charge in [-0.1, -0.05) is 116 Å². The average Bonchev–Trinajstić information content (AvgIpc) is 1.43. The third-order valence-electron chi connectivity index (χ3n) is 23.4. The topological polar surface area (TPSA) is 821 Å². The number of carboxylic acids is 2. The summed E-state index contributed by atoms with van der Waals surface area (Å²) in [7, 11) is 0. The fraction of sp³-hybridized carbons (Fsp3) is 0.642. The summed E-state index contributed by atoms with van der Waals surface area (Å²) in [4.78, 5) is 302. The Bertz CT molecular complexity index is 4720. The van der Waals surface area contributed by atoms with Crippen molar-refractivity contribution in [1.82, 2.24) is 101 Å². The molecule has 146 heavy (non-hydrogen) atoms. The van der Waals surface area contributed by atoms with Gasteiger partial charge in [0.25, 0.3) is 0 Å². The molecule has 1 aliphatic heterocycles. The summed E-state index contributed by atoms with van der Waals surface area (Å²) in [6.07, 6.45) is -5.60. The van der Waals surface area contributed by atoms with Crippen molar-refractivity contribution in [2.45, 2.75) is 327 Å². The van der Waals surface area contributed by atoms with Crippen LogP contribution >= 0.6 is 0 Å². The molecule has 51 nitrogen and oxygen atoms in total. The first-order valence-corrected chi connectivity index (χ1v) is 48.9. The van der Waals surface area contributed by atoms with Crippen LogP contribution in [0.1, 0.15) is 198 Å². The van der Waals surface area contributed by atoms with Gasteiger partial charge < -0.3 is 154 Å². The lowest BCUT2D eigenvalue weighted by Crippen LogP contribution is -2.62. The first-order chi connectivity index (χ1) is 68.6. The van der Waals surface area contributed by atoms with Gasteiger partial charge in [0, 0.05) is 32.2 Å². The van der Waals surface area contributed by atoms with Crippen LogP contribution in [0, 0.1) is 23.7 Å². The monoisotopic (exact) mass is 2060 g/mol. The molecule has 2 aromatic carbocycles. The summed E-state index contributed by atoms with van der Waals surface area (Å²) >= 11 is 0. The van der Waals surface area contributed by atoms with E-state index in [0.29, 0.717) is 24.0 Å². The van der Waals surface area contributed by atoms with E-state index in [2.05, 4.69) is 90.4 Å². The van der Waals surface area contributed by atoms with Crippen LogP contribution in [0.3, 0.4) is 0 Å². The van der Waals surface area contributed by atoms with Crippen LogP contribution in [-0.4, -0.2) is 332 Å². The third-order valence-corrected chi connectivity index (χ3v) is 23.4. The van der Waals surface area contributed by atoms with Crippen LogP contribution in [0.5, 0.6) is 0 Å². The lowest BCUT2D eigenvalue weighted by molar-refractivity contribution is -0.146. The molecule has 51 heteroatoms. The molecular weight excluding hydrogens is 1910 g/mol. The van der Waals surface area contributed by atoms with Crippen LogP contribution in [0.2, 0.25) is 0 Å². The second-order valence-electron chi connectivity index (χ2n) is 37.8. The normalized spacial score (nSPS) is 16.4. The van der Waals surface area contributed by atoms with Gasteiger partial charge in [-0.15, -0.1) is 0 Å². The lowest BCUT2D eigenvalue weighted by atomic mass is 9.98. The number of aliphatic hydroxyl groups is 4. The van der Waals surface area contributed by atoms with Gasteiger partial charge in [0.2, 0.25) is 118 Å². The summed E-state index contributed by atoms with van der Waals surface area (Å²) in [6, 6.07) is -10.4. The Morgan fingerprint density at radius 2 is 0.726 bits per heavy atom. The van der Waals surface area contributed by atoms with E-state index in [9.17, 15) is 131 Å². The summed E-state index contributed by atoms with van der Waals surface area (Å²) in [5, 5.41) is 104. The molecule has 0 aliphatic carbocycles. The van der Waals surface area contributed by atoms with E-state index < -0.39 is 308 Å². The van der Waals surface area contributed by atoms with Crippen LogP contribution in [-0.2, 0) is 118 Å². The molecule has 1 saturated heterocycles. The van der Waals surface area contributed by atoms with Crippen molar-refractivity contribution in [3.63, 3.8) is 0 Å². The number of amides is 20. The molecule has 0 spiro atoms. The maximum absolute atomic E-state index is 15.1. The highest BCUT2D eigenvalue weighted by Crippen LogP contribution is 2.23. The highest BCUT2D eigenvalue weighted by atomic mass is 16.4. The minimum absolute atomic E-state index is 0.0125. The zero-order chi connectivity index (χ0) is 110. The molecular formula is C95H153N23O28. The number of likely N-dealkylation sites (tertiary alicyclic amines) is 1. The molecule has 0 unspecified atom stereocenters. The first kappa shape index (κ1) is 127. The van der Waals surface area contributed by atoms with Gasteiger partial charge in [-0.3, -0.25) is 101 Å². The number of rotatable bonds is 66. The minimum atomic E-state index is -1.82. The van der Waals surface area contributed by atoms with Crippen molar-refractivity contribution in [2.75, 3.05) is 39.3 Å². The summed E-state index contributed by atoms with van der Waals surface area (Å²) in [5.41, 5.74) is 24.2. The Kier molecular flexibility index (Phi) is 55.9. The smallest absolute Gasteiger partial charge is 0.328 e. The van der Waals surface area contributed by atoms with Crippen molar-refractivity contribution in [3.8, 4) is 0 Å². The highest BCUT2D eigenvalue weighted by Gasteiger charge is 2.44. The van der Waals surface area contributed by atoms with Crippen molar-refractivity contribution in [3.05, 3.63) is 71.8 Å². The quantitative estimate of drug-likeness (QED) is 0.0274. The second kappa shape index (κ2) is 64.4. The zero-order valence-corrected chi connectivity index (χ0v) is 85.2. The van der Waals surface area contributed by atoms with E-state index in [4.69, 9.17) is 22.9 Å². The molecule has 0 bridgehead atoms. The summed E-state index contributed by atoms with van der Waals surface area (Å²) < 4.78 is 0. The Hall–Kier alpha value is -13.5. The number of nitrogens with one attached hydrogen (secondary N) is 18. The number of nitrogens with zero attached hydrogens (tertiary/aromatic N) is 1. The predicted molar refractivity (Wildman–Crippen MR) is 526 cm³/mol. The van der Waals surface area contributed by atoms with E-state index in [1.54, 1.807) is 88.4 Å². The minimum Gasteiger partial charge on any atom is -0.481 e. The Balaban J connectivity index is 1.84. The van der Waals surface area contributed by atoms with E-state index in [0.717, 1.165) is 34.6 Å². The Morgan fingerprint density at radius 3 is 1.20 bits per heavy atom. The van der Waals surface area contributed by atoms with Crippen LogP contribution in [0.15, 0.2) is 60.7 Å². The van der Waals surface area contributed by atoms with Crippen LogP contribution in [0.25, 0.3) is 0 Å². The van der Waals surface area contributed by atoms with E-state index in [1.165, 1.54) is 25.7 Å². The van der Waals surface area contributed by atoms with Crippen LogP contribution < -0.4 is 119 Å². The maximum Gasteiger partial charge on any atom is 0.328 e. The molecule has 0 radical (unpaired) electrons. The number of benzene rings is 2. The van der Waals surface area contributed by atoms with Gasteiger partial charge in [-0.2, -0.15) is 0 Å². The summed E-state index contributed by atoms with van der Waals surface area (Å²) in [5.74, 6) is -24.0. The summed E-state index contributed by atoms with van der Waals surface area (Å²) in [6.45, 7) is 17.7. The van der Waals surface area contributed by atoms with Gasteiger partial charge in [0.15, 0.2) is 6.04 Å². The first-order valence-electron chi connectivity index (χ1n) is 48.9. The van der Waals surface area contributed by atoms with E-state index in [1.807, 2.05) is 19.2 Å². The number of hydrogen-bond acceptors (Lipinski definition) is 29. The van der Waals surface area contributed by atoms with Gasteiger partial charge in [-0.05, 0) is 166 Å². The molecule has 20 amide bonds. The number of nitrogens with two attached hydrogens (primary N) is 4. The molecule has 0 saturated carbocycles. The van der Waals surface area contributed by atoms with E-state index >= 15 is 4.79 Å². The van der Waals surface area contributed by atoms with Crippen molar-refractivity contribution >= 4 is 130 Å². The largest absolute Gasteiger partial charge is 0.481 e. The standard InChI is InChI=1S/C95H153N23O28/c1-47(2)40-59(98)81(131)107-63(34-36-72(126)127)83(133)102-52(10)79(129)106-61(31-22-24-38-97)84(134)109-62(33-35-69(99)123)85(135)108-60(30-21-23-37-96)82(132)101-44-70(124)105-65(42-57-26-17-15-18-27-57)88(138)115-74(50(7)8)94(144)118-39-25-32-68(118)90(140)111-66(43-58-28-19-16-20-29-58)86(136)110-64(41-48(3)4)87(137)114-73(49(5)6)91(141)112-67(46-119)89(139)103-53(11)80(130)116-76(55(13)121)92(142)104-51(9)78(128)100-45-71(125)113-75(54(12)120)93(143)117-77(56(14)122)95(145)146/h15-20,26-29,47-56,59-68,73-77,119-122H,21-25,30-46,96-98H2,1-14H3,(H2,99,123)(H,100,128)(H,101,132)(H,102,133)(H,103,139)(H,104,142)(H,105,124)(H,106,129)(H,107,131)(H,108,135)(H,109,134)(H,110,136)(H,111,140)(H,112,141)(H,113,125)(H,114,137)(H,115,138)(H,116,130)(H,117,143)(H,126,127)(H,145,146)/t51-,52-,53-,54+,55+,56+,59-,60-,61-,62-,63-,64-,65-,66-,67-,68-,73-,74-,75-,76-,77-/m0/s1. The predicted octanol–water partition coefficient (Wildman–Crippen LogP) is -8.15. The average molecular weight is 2070 g/mol. The molecule has 1 heterocycles. The number of unbranched alkanes of at least 4 members (excludes halogenated alkanes) is 2. The van der Waals surface area contributed by atoms with Gasteiger partial charge >= 0.3 is 11.9 Å². The van der Waals surface area contributed by atoms with Gasteiger partial charge in [0.05, 0.1) is 44.1 Å². The fourth-order valence-electron chi connectivity index (χ4n) is 15.1. The van der Waals surface area contributed by atoms with Gasteiger partial charge in [0.1, 0.15) is 96.7 Å². The van der Waals surface area contributed by atoms with Crippen molar-refractivity contribution in [2.24, 2.45) is 46.6 Å². The molecule has 1 aliphatic rings. The van der Waals surface area contributed by atoms with Crippen molar-refractivity contribution in [1.29, 1.82) is 0 Å². The number of aliphatic carboxylic acids is 2. The SMILES string of the molecule is CC(C)C[C@H](NC(=O)[C@H](Cc1ccccc1)NC(=O)[C@@H]1CCCN1C(=O)[C@@H](NC(=O)[C@H](Cc1ccccc1)NC(=O)CNC(=O)[C@H](CCCCN)NC(=O)[C@H](CCC(N)=O)NC(=O)[C@H](CCCCN)NC(=O)[C@H](C)NC(=O)[C@H](CCC(=O)O)NC(=O)[C@@H](N)CC(C)C)C(C)C)C(=O)N[C@H](C(=O)N[C@@H](CO)C(=O)N[C@@H](C)C(=O)N[C@H](C(=O)N[C@@H](C)C(=O)NCC(=O)N[C@H](C(=O)N[C@H](C(=O)O)[C@@H](C)O)[C@@H](C)O)[C@@H](C)O)C(C)C. The second-order valence-corrected chi connectivity index (χ2v) is 37.8. The Labute approximate surface area is 847 Å². The van der Waals surface area contributed by atoms with E-state index in [-0.39, 0.29) is 102 Å². The molecule has 816 valence electrons. The lowest BCUT2D eigenvalue weighted by Gasteiger charge is -2.32. The highest BCUT2D eigenvalue weighted by molar-refractivity contribution is 6.02. The number of carbonyl (C=O) groups is 22. The maximum atomic E-state index is 15.1.